The number of hydrogen-bond donors (Lipinski definition) is 4. The lowest BCUT2D eigenvalue weighted by molar-refractivity contribution is -0.137. The van der Waals surface area contributed by atoms with E-state index < -0.39 is 36.0 Å². The maximum atomic E-state index is 14.9. The molecule has 3 rings (SSSR count). The quantitative estimate of drug-likeness (QED) is 0.353. The van der Waals surface area contributed by atoms with Gasteiger partial charge in [-0.25, -0.2) is 9.18 Å². The van der Waals surface area contributed by atoms with E-state index in [4.69, 9.17) is 14.6 Å². The van der Waals surface area contributed by atoms with Gasteiger partial charge in [0.2, 0.25) is 5.91 Å². The maximum absolute atomic E-state index is 14.9. The number of carbonyl (C=O) groups is 3. The molecule has 0 aromatic heterocycles. The van der Waals surface area contributed by atoms with Crippen molar-refractivity contribution in [3.63, 3.8) is 0 Å². The molecule has 1 aromatic carbocycles. The van der Waals surface area contributed by atoms with E-state index in [0.29, 0.717) is 37.6 Å². The Morgan fingerprint density at radius 3 is 2.67 bits per heavy atom. The van der Waals surface area contributed by atoms with Crippen LogP contribution in [0.1, 0.15) is 0 Å². The van der Waals surface area contributed by atoms with Crippen molar-refractivity contribution in [2.45, 2.75) is 12.2 Å². The van der Waals surface area contributed by atoms with Gasteiger partial charge in [0.25, 0.3) is 5.24 Å². The van der Waals surface area contributed by atoms with Crippen LogP contribution in [0.5, 0.6) is 0 Å². The summed E-state index contributed by atoms with van der Waals surface area (Å²) in [5.74, 6) is -0.750. The smallest absolute Gasteiger partial charge is 0.414 e. The molecule has 2 heterocycles. The van der Waals surface area contributed by atoms with E-state index in [9.17, 15) is 23.9 Å². The molecule has 13 heteroatoms. The number of nitrogens with zero attached hydrogens (tertiary/aromatic N) is 3. The van der Waals surface area contributed by atoms with Crippen molar-refractivity contribution in [1.82, 2.24) is 10.2 Å². The Bertz CT molecular complexity index is 869. The molecule has 33 heavy (non-hydrogen) atoms. The van der Waals surface area contributed by atoms with Gasteiger partial charge in [0, 0.05) is 26.2 Å². The van der Waals surface area contributed by atoms with Crippen molar-refractivity contribution in [3.05, 3.63) is 24.0 Å². The van der Waals surface area contributed by atoms with E-state index in [1.54, 1.807) is 17.0 Å². The summed E-state index contributed by atoms with van der Waals surface area (Å²) in [6, 6.07) is 4.46. The first-order valence-electron chi connectivity index (χ1n) is 10.4. The monoisotopic (exact) mass is 486 g/mol. The predicted molar refractivity (Wildman–Crippen MR) is 119 cm³/mol. The topological polar surface area (TPSA) is 132 Å². The molecule has 1 aromatic rings. The number of thiol groups is 1. The number of halogens is 1. The predicted octanol–water partition coefficient (Wildman–Crippen LogP) is -0.191. The average Bonchev–Trinajstić information content (AvgIpc) is 3.18. The molecular weight excluding hydrogens is 459 g/mol. The van der Waals surface area contributed by atoms with E-state index >= 15 is 0 Å². The number of anilines is 2. The fraction of sp³-hybridized carbons (Fsp3) is 0.550. The first kappa shape index (κ1) is 25.0. The van der Waals surface area contributed by atoms with Crippen LogP contribution >= 0.6 is 12.6 Å². The first-order valence-corrected chi connectivity index (χ1v) is 10.9. The maximum Gasteiger partial charge on any atom is 0.414 e. The number of ether oxygens (including phenoxy) is 2. The van der Waals surface area contributed by atoms with Crippen molar-refractivity contribution in [1.29, 1.82) is 0 Å². The SMILES string of the molecule is O=C(S)NCC1CN(c2ccc(N3CCN(C(=O)COCC(O)CO)CC3)c(F)c2)C(=O)O1. The standard InChI is InChI=1S/C20H27FN4O7S/c21-16-7-13(25-9-15(32-20(25)30)8-22-19(29)33)1-2-17(16)23-3-5-24(6-4-23)18(28)12-31-11-14(27)10-26/h1-2,7,14-15,26-27H,3-6,8-12H2,(H2,22,29,33). The molecular formula is C20H27FN4O7S. The van der Waals surface area contributed by atoms with Crippen molar-refractivity contribution < 1.29 is 38.5 Å². The number of cyclic esters (lactones) is 1. The Kier molecular flexibility index (Phi) is 8.72. The molecule has 2 saturated heterocycles. The number of hydrogen-bond acceptors (Lipinski definition) is 8. The number of aliphatic hydroxyl groups is 2. The number of carbonyl (C=O) groups excluding carboxylic acids is 3. The van der Waals surface area contributed by atoms with Crippen molar-refractivity contribution in [3.8, 4) is 0 Å². The number of aliphatic hydroxyl groups excluding tert-OH is 2. The highest BCUT2D eigenvalue weighted by atomic mass is 32.1. The van der Waals surface area contributed by atoms with E-state index in [0.717, 1.165) is 0 Å². The highest BCUT2D eigenvalue weighted by Crippen LogP contribution is 2.28. The molecule has 2 aliphatic heterocycles. The van der Waals surface area contributed by atoms with Crippen LogP contribution in [0, 0.1) is 5.82 Å². The Labute approximate surface area is 195 Å². The molecule has 0 saturated carbocycles. The zero-order chi connectivity index (χ0) is 24.0. The average molecular weight is 487 g/mol. The number of benzene rings is 1. The van der Waals surface area contributed by atoms with Crippen molar-refractivity contribution in [2.75, 3.05) is 68.9 Å². The van der Waals surface area contributed by atoms with Gasteiger partial charge in [-0.2, -0.15) is 0 Å². The molecule has 0 aliphatic carbocycles. The molecule has 2 aliphatic rings. The highest BCUT2D eigenvalue weighted by molar-refractivity contribution is 7.96. The number of rotatable bonds is 9. The molecule has 11 nitrogen and oxygen atoms in total. The second kappa shape index (κ2) is 11.5. The van der Waals surface area contributed by atoms with Gasteiger partial charge in [-0.1, -0.05) is 12.6 Å². The van der Waals surface area contributed by atoms with Crippen molar-refractivity contribution >= 4 is 41.2 Å². The van der Waals surface area contributed by atoms with Crippen LogP contribution in [0.15, 0.2) is 18.2 Å². The summed E-state index contributed by atoms with van der Waals surface area (Å²) < 4.78 is 25.1. The van der Waals surface area contributed by atoms with Gasteiger partial charge >= 0.3 is 6.09 Å². The Morgan fingerprint density at radius 1 is 1.30 bits per heavy atom. The summed E-state index contributed by atoms with van der Waals surface area (Å²) in [7, 11) is 0. The van der Waals surface area contributed by atoms with E-state index in [2.05, 4.69) is 17.9 Å². The van der Waals surface area contributed by atoms with Crippen LogP contribution in [0.3, 0.4) is 0 Å². The molecule has 2 unspecified atom stereocenters. The third-order valence-electron chi connectivity index (χ3n) is 5.32. The minimum Gasteiger partial charge on any atom is -0.442 e. The lowest BCUT2D eigenvalue weighted by Crippen LogP contribution is -2.50. The molecule has 182 valence electrons. The molecule has 0 radical (unpaired) electrons. The van der Waals surface area contributed by atoms with Gasteiger partial charge in [-0.05, 0) is 18.2 Å². The van der Waals surface area contributed by atoms with Crippen LogP contribution in [0.2, 0.25) is 0 Å². The van der Waals surface area contributed by atoms with Gasteiger partial charge in [-0.3, -0.25) is 14.5 Å². The summed E-state index contributed by atoms with van der Waals surface area (Å²) in [5.41, 5.74) is 0.705. The van der Waals surface area contributed by atoms with Gasteiger partial charge in [0.15, 0.2) is 0 Å². The number of piperazine rings is 1. The fourth-order valence-electron chi connectivity index (χ4n) is 3.58. The van der Waals surface area contributed by atoms with E-state index in [1.165, 1.54) is 11.0 Å². The Hall–Kier alpha value is -2.61. The minimum atomic E-state index is -1.03. The zero-order valence-corrected chi connectivity index (χ0v) is 18.7. The van der Waals surface area contributed by atoms with Gasteiger partial charge in [0.1, 0.15) is 24.6 Å². The Balaban J connectivity index is 1.52. The summed E-state index contributed by atoms with van der Waals surface area (Å²) in [5, 5.41) is 19.9. The van der Waals surface area contributed by atoms with Gasteiger partial charge in [-0.15, -0.1) is 0 Å². The second-order valence-electron chi connectivity index (χ2n) is 7.66. The molecule has 2 atom stereocenters. The van der Waals surface area contributed by atoms with Crippen LogP contribution in [-0.4, -0.2) is 104 Å². The van der Waals surface area contributed by atoms with Gasteiger partial charge < -0.3 is 34.8 Å². The third kappa shape index (κ3) is 6.69. The highest BCUT2D eigenvalue weighted by Gasteiger charge is 2.33. The molecule has 2 fully saturated rings. The molecule has 3 amide bonds. The van der Waals surface area contributed by atoms with E-state index in [1.807, 2.05) is 4.90 Å². The molecule has 0 spiro atoms. The molecule has 0 bridgehead atoms. The largest absolute Gasteiger partial charge is 0.442 e. The van der Waals surface area contributed by atoms with Crippen LogP contribution in [0.4, 0.5) is 25.4 Å². The first-order chi connectivity index (χ1) is 15.8. The lowest BCUT2D eigenvalue weighted by Gasteiger charge is -2.36. The van der Waals surface area contributed by atoms with E-state index in [-0.39, 0.29) is 32.2 Å². The number of nitrogens with one attached hydrogen (secondary N) is 1. The fourth-order valence-corrected chi connectivity index (χ4v) is 3.67. The second-order valence-corrected chi connectivity index (χ2v) is 8.06. The molecule has 3 N–H and O–H groups in total. The lowest BCUT2D eigenvalue weighted by atomic mass is 10.2. The summed E-state index contributed by atoms with van der Waals surface area (Å²) in [6.45, 7) is 1.10. The minimum absolute atomic E-state index is 0.112. The van der Waals surface area contributed by atoms with Crippen LogP contribution in [-0.2, 0) is 14.3 Å². The summed E-state index contributed by atoms with van der Waals surface area (Å²) >= 11 is 3.60. The van der Waals surface area contributed by atoms with Crippen molar-refractivity contribution in [2.24, 2.45) is 0 Å². The van der Waals surface area contributed by atoms with Crippen LogP contribution < -0.4 is 15.1 Å². The normalized spacial score (nSPS) is 19.5. The summed E-state index contributed by atoms with van der Waals surface area (Å²) in [6.07, 6.45) is -2.21. The summed E-state index contributed by atoms with van der Waals surface area (Å²) in [4.78, 5) is 39.9. The van der Waals surface area contributed by atoms with Gasteiger partial charge in [0.05, 0.1) is 37.7 Å². The van der Waals surface area contributed by atoms with Crippen LogP contribution in [0.25, 0.3) is 0 Å². The number of amides is 3. The Morgan fingerprint density at radius 2 is 2.03 bits per heavy atom. The zero-order valence-electron chi connectivity index (χ0n) is 17.9. The third-order valence-corrected chi connectivity index (χ3v) is 5.48.